The number of fused-ring (bicyclic) bond motifs is 4. The Morgan fingerprint density at radius 1 is 0.306 bits per heavy atom. The minimum Gasteiger partial charge on any atom is -0.378 e. The molecule has 9 N–H and O–H groups in total. The van der Waals surface area contributed by atoms with Crippen LogP contribution in [0.1, 0.15) is 92.5 Å². The number of aromatic amines is 4. The molecule has 12 aromatic heterocycles. The topological polar surface area (TPSA) is 398 Å². The molecular weight excluding hydrogens is 1690 g/mol. The summed E-state index contributed by atoms with van der Waals surface area (Å²) < 4.78 is 5.46. The van der Waals surface area contributed by atoms with Gasteiger partial charge in [-0.25, -0.2) is 24.7 Å². The molecule has 4 aromatic carbocycles. The van der Waals surface area contributed by atoms with E-state index in [0.717, 1.165) is 221 Å². The molecule has 22 rings (SSSR count). The van der Waals surface area contributed by atoms with E-state index in [1.165, 1.54) is 49.8 Å². The summed E-state index contributed by atoms with van der Waals surface area (Å²) in [5.74, 6) is 2.60. The van der Waals surface area contributed by atoms with E-state index in [1.807, 2.05) is 179 Å². The number of benzene rings is 4. The first kappa shape index (κ1) is 87.2. The van der Waals surface area contributed by atoms with Crippen molar-refractivity contribution in [2.45, 2.75) is 51.5 Å². The molecule has 6 fully saturated rings. The average molecular weight is 1790 g/mol. The smallest absolute Gasteiger partial charge is 0.321 e. The van der Waals surface area contributed by atoms with Gasteiger partial charge in [0.05, 0.1) is 118 Å². The molecule has 6 saturated heterocycles. The van der Waals surface area contributed by atoms with E-state index < -0.39 is 0 Å². The second-order valence-corrected chi connectivity index (χ2v) is 34.2. The number of ether oxygens (including phenoxy) is 1. The third kappa shape index (κ3) is 20.1. The fourth-order valence-corrected chi connectivity index (χ4v) is 16.5. The molecule has 0 unspecified atom stereocenters. The maximum Gasteiger partial charge on any atom is 0.321 e. The highest BCUT2D eigenvalue weighted by Gasteiger charge is 2.26. The molecule has 0 atom stereocenters. The lowest BCUT2D eigenvalue weighted by Gasteiger charge is -2.31. The van der Waals surface area contributed by atoms with Crippen molar-refractivity contribution in [2.24, 2.45) is 0 Å². The normalized spacial score (nSPS) is 14.5. The van der Waals surface area contributed by atoms with Crippen molar-refractivity contribution in [3.8, 4) is 44.5 Å². The van der Waals surface area contributed by atoms with E-state index in [1.54, 1.807) is 51.3 Å². The van der Waals surface area contributed by atoms with Crippen molar-refractivity contribution in [1.29, 1.82) is 0 Å². The molecule has 0 spiro atoms. The minimum absolute atomic E-state index is 0.240. The van der Waals surface area contributed by atoms with Crippen LogP contribution in [0.3, 0.4) is 0 Å². The fourth-order valence-electron chi connectivity index (χ4n) is 16.5. The Bertz CT molecular complexity index is 6710. The Morgan fingerprint density at radius 2 is 0.627 bits per heavy atom. The summed E-state index contributed by atoms with van der Waals surface area (Å²) in [6.45, 7) is 14.4. The standard InChI is InChI=1S/C26H27N7O.C25H25N7O2.C24H24N8O2.C24H25N7O/c34-26(29-20-6-8-24(28-16-20)33-11-4-12-33)25-22-14-18(5-7-23(22)30-31-25)19-13-21(17-27-15-19)32-9-2-1-3-10-32;33-25(28-19-3-5-23(27-15-19)32-6-1-7-32)24-21-13-17(2-4-22(21)29-30-24)18-12-20(16-26-14-18)31-8-10-34-11-9-31;1-31(2)24(34)28-18-10-16(12-25-13-18)15-4-6-20-19(11-15)22(30-29-20)23(33)27-17-5-7-21(26-14-17)32-8-3-9-32;1-30(2)15-16-10-18(13-25-12-16)17-4-6-21-20(11-17)23(29-28-21)24(32)27-19-5-7-22(26-14-19)31-8-3-9-31/h5-8,13-17H,1-4,9-12H2,(H,29,34)(H,30,31);2-5,12-16H,1,6-11H2,(H,28,33)(H,29,30);4-7,10-14H,3,8-9H2,1-2H3,(H,27,33)(H,28,34)(H,29,30);4-7,10-14H,3,8-9,15H2,1-2H3,(H,27,32)(H,28,29). The molecule has 35 nitrogen and oxygen atoms in total. The Balaban J connectivity index is 0.000000115. The first-order chi connectivity index (χ1) is 65.5. The van der Waals surface area contributed by atoms with Gasteiger partial charge < -0.3 is 70.5 Å². The van der Waals surface area contributed by atoms with Crippen molar-refractivity contribution in [3.05, 3.63) is 248 Å². The molecular formula is C99H101N29O6. The van der Waals surface area contributed by atoms with E-state index in [2.05, 4.69) is 160 Å². The number of pyridine rings is 8. The number of carbonyl (C=O) groups is 5. The molecule has 6 aliphatic rings. The van der Waals surface area contributed by atoms with Gasteiger partial charge in [0.25, 0.3) is 23.6 Å². The highest BCUT2D eigenvalue weighted by Crippen LogP contribution is 2.36. The first-order valence-electron chi connectivity index (χ1n) is 45.1. The average Bonchev–Trinajstić information content (AvgIpc) is 1.64. The number of hydrogen-bond acceptors (Lipinski definition) is 25. The molecule has 16 aromatic rings. The van der Waals surface area contributed by atoms with Crippen LogP contribution in [0.2, 0.25) is 0 Å². The second-order valence-electron chi connectivity index (χ2n) is 34.2. The molecule has 18 heterocycles. The van der Waals surface area contributed by atoms with Gasteiger partial charge in [0.1, 0.15) is 23.3 Å². The predicted molar refractivity (Wildman–Crippen MR) is 523 cm³/mol. The number of urea groups is 1. The molecule has 0 aliphatic carbocycles. The van der Waals surface area contributed by atoms with Crippen LogP contribution < -0.4 is 56.0 Å². The second kappa shape index (κ2) is 39.6. The molecule has 0 radical (unpaired) electrons. The first-order valence-corrected chi connectivity index (χ1v) is 45.1. The van der Waals surface area contributed by atoms with Gasteiger partial charge in [0, 0.05) is 174 Å². The van der Waals surface area contributed by atoms with Gasteiger partial charge in [-0.2, -0.15) is 20.4 Å². The van der Waals surface area contributed by atoms with E-state index in [9.17, 15) is 24.0 Å². The van der Waals surface area contributed by atoms with Gasteiger partial charge >= 0.3 is 6.03 Å². The minimum atomic E-state index is -0.327. The Kier molecular flexibility index (Phi) is 25.8. The monoisotopic (exact) mass is 1790 g/mol. The highest BCUT2D eigenvalue weighted by molar-refractivity contribution is 6.15. The predicted octanol–water partition coefficient (Wildman–Crippen LogP) is 14.9. The number of nitrogens with zero attached hydrogens (tertiary/aromatic N) is 20. The zero-order chi connectivity index (χ0) is 91.5. The number of rotatable bonds is 21. The van der Waals surface area contributed by atoms with Gasteiger partial charge in [-0.3, -0.25) is 59.5 Å². The van der Waals surface area contributed by atoms with Crippen LogP contribution in [0.4, 0.5) is 67.9 Å². The van der Waals surface area contributed by atoms with Gasteiger partial charge in [-0.15, -0.1) is 0 Å². The number of piperidine rings is 1. The van der Waals surface area contributed by atoms with Gasteiger partial charge in [-0.1, -0.05) is 24.3 Å². The Hall–Kier alpha value is -16.2. The maximum absolute atomic E-state index is 13.0. The summed E-state index contributed by atoms with van der Waals surface area (Å²) in [6.07, 6.45) is 29.8. The van der Waals surface area contributed by atoms with Crippen molar-refractivity contribution in [2.75, 3.05) is 176 Å². The summed E-state index contributed by atoms with van der Waals surface area (Å²) in [6, 6.07) is 46.8. The summed E-state index contributed by atoms with van der Waals surface area (Å²) >= 11 is 0. The maximum atomic E-state index is 13.0. The van der Waals surface area contributed by atoms with Gasteiger partial charge in [0.15, 0.2) is 22.8 Å². The zero-order valence-electron chi connectivity index (χ0n) is 74.7. The number of morpholine rings is 1. The van der Waals surface area contributed by atoms with E-state index in [4.69, 9.17) is 4.74 Å². The fraction of sp³-hybridized carbons (Fsp3) is 0.263. The van der Waals surface area contributed by atoms with Crippen molar-refractivity contribution in [3.63, 3.8) is 0 Å². The quantitative estimate of drug-likeness (QED) is 0.0323. The van der Waals surface area contributed by atoms with Crippen LogP contribution in [0, 0.1) is 0 Å². The Labute approximate surface area is 771 Å². The number of H-pyrrole nitrogens is 4. The zero-order valence-corrected chi connectivity index (χ0v) is 74.7. The number of anilines is 11. The Morgan fingerprint density at radius 3 is 0.948 bits per heavy atom. The molecule has 0 saturated carbocycles. The molecule has 35 heteroatoms. The number of nitrogens with one attached hydrogen (secondary N) is 9. The third-order valence-corrected chi connectivity index (χ3v) is 24.4. The van der Waals surface area contributed by atoms with Crippen LogP contribution in [0.15, 0.2) is 220 Å². The van der Waals surface area contributed by atoms with Crippen molar-refractivity contribution >= 4 is 136 Å². The largest absolute Gasteiger partial charge is 0.378 e. The highest BCUT2D eigenvalue weighted by atomic mass is 16.5. The summed E-state index contributed by atoms with van der Waals surface area (Å²) in [4.78, 5) is 116. The van der Waals surface area contributed by atoms with Crippen LogP contribution in [-0.4, -0.2) is 240 Å². The van der Waals surface area contributed by atoms with Crippen LogP contribution >= 0.6 is 0 Å². The molecule has 6 aliphatic heterocycles. The number of aromatic nitrogens is 16. The molecule has 678 valence electrons. The third-order valence-electron chi connectivity index (χ3n) is 24.4. The van der Waals surface area contributed by atoms with Crippen LogP contribution in [-0.2, 0) is 11.3 Å². The van der Waals surface area contributed by atoms with Crippen molar-refractivity contribution in [1.82, 2.24) is 90.5 Å². The van der Waals surface area contributed by atoms with Gasteiger partial charge in [-0.05, 0) is 208 Å². The van der Waals surface area contributed by atoms with E-state index in [0.29, 0.717) is 50.9 Å². The number of hydrogen-bond donors (Lipinski definition) is 9. The van der Waals surface area contributed by atoms with Gasteiger partial charge in [0.2, 0.25) is 0 Å². The summed E-state index contributed by atoms with van der Waals surface area (Å²) in [7, 11) is 7.40. The SMILES string of the molecule is CN(C)C(=O)Nc1cncc(-c2ccc3[nH]nc(C(=O)Nc4ccc(N5CCC5)nc4)c3c2)c1.CN(C)Cc1cncc(-c2ccc3[nH]nc(C(=O)Nc4ccc(N5CCC5)nc4)c3c2)c1.O=C(Nc1ccc(N2CCC2)nc1)c1n[nH]c2ccc(-c3cncc(N4CCCCC4)c3)cc12.O=C(Nc1ccc(N2CCC2)nc1)c1n[nH]c2ccc(-c3cncc(N4CCOCC4)c3)cc12. The van der Waals surface area contributed by atoms with E-state index >= 15 is 0 Å². The number of carbonyl (C=O) groups excluding carboxylic acids is 5. The lowest BCUT2D eigenvalue weighted by Crippen LogP contribution is -2.37. The van der Waals surface area contributed by atoms with Crippen LogP contribution in [0.25, 0.3) is 88.1 Å². The summed E-state index contributed by atoms with van der Waals surface area (Å²) in [5.41, 5.74) is 18.6. The van der Waals surface area contributed by atoms with Crippen LogP contribution in [0.5, 0.6) is 0 Å². The lowest BCUT2D eigenvalue weighted by molar-refractivity contribution is 0.101. The van der Waals surface area contributed by atoms with E-state index in [-0.39, 0.29) is 35.4 Å². The number of amides is 6. The summed E-state index contributed by atoms with van der Waals surface area (Å²) in [5, 5.41) is 46.3. The molecule has 6 amide bonds. The molecule has 0 bridgehead atoms. The lowest BCUT2D eigenvalue weighted by atomic mass is 10.0. The molecule has 134 heavy (non-hydrogen) atoms. The van der Waals surface area contributed by atoms with Crippen molar-refractivity contribution < 1.29 is 28.7 Å².